The summed E-state index contributed by atoms with van der Waals surface area (Å²) in [4.78, 5) is 0. The van der Waals surface area contributed by atoms with Crippen molar-refractivity contribution in [2.75, 3.05) is 0 Å². The molecule has 0 saturated carbocycles. The fourth-order valence-corrected chi connectivity index (χ4v) is 11.1. The van der Waals surface area contributed by atoms with Crippen LogP contribution in [0.2, 0.25) is 0 Å². The summed E-state index contributed by atoms with van der Waals surface area (Å²) in [6, 6.07) is 0. The third-order valence-corrected chi connectivity index (χ3v) is 14.4. The predicted octanol–water partition coefficient (Wildman–Crippen LogP) is 6.83. The standard InChI is InChI=1S/3C11H15.Al/c3*1-7-6-8(2)10(4)11(5)9(7)3;/h3*1-5H3;. The fourth-order valence-electron chi connectivity index (χ4n) is 6.32. The largest absolute Gasteiger partial charge is 0.385 e. The number of benzene rings is 3. The summed E-state index contributed by atoms with van der Waals surface area (Å²) in [6.07, 6.45) is 0. The zero-order valence-electron chi connectivity index (χ0n) is 24.6. The minimum atomic E-state index is -1.78. The van der Waals surface area contributed by atoms with E-state index in [2.05, 4.69) is 104 Å². The van der Waals surface area contributed by atoms with Crippen molar-refractivity contribution in [1.29, 1.82) is 0 Å². The lowest BCUT2D eigenvalue weighted by Crippen LogP contribution is -2.58. The van der Waals surface area contributed by atoms with Crippen LogP contribution in [0.25, 0.3) is 0 Å². The summed E-state index contributed by atoms with van der Waals surface area (Å²) in [5, 5.41) is 0. The van der Waals surface area contributed by atoms with Gasteiger partial charge in [-0.25, -0.2) is 0 Å². The molecule has 1 heteroatoms. The van der Waals surface area contributed by atoms with Gasteiger partial charge in [-0.3, -0.25) is 0 Å². The van der Waals surface area contributed by atoms with Crippen LogP contribution in [0, 0.1) is 104 Å². The van der Waals surface area contributed by atoms with Gasteiger partial charge in [-0.15, -0.1) is 0 Å². The van der Waals surface area contributed by atoms with Crippen molar-refractivity contribution in [3.05, 3.63) is 83.5 Å². The first-order valence-corrected chi connectivity index (χ1v) is 14.6. The Morgan fingerprint density at radius 2 is 0.324 bits per heavy atom. The van der Waals surface area contributed by atoms with Gasteiger partial charge in [0.1, 0.15) is 0 Å². The van der Waals surface area contributed by atoms with Crippen molar-refractivity contribution in [3.8, 4) is 0 Å². The van der Waals surface area contributed by atoms with Crippen LogP contribution in [0.3, 0.4) is 0 Å². The van der Waals surface area contributed by atoms with Gasteiger partial charge in [0.25, 0.3) is 0 Å². The molecule has 3 aromatic carbocycles. The molecule has 0 N–H and O–H groups in total. The van der Waals surface area contributed by atoms with E-state index in [4.69, 9.17) is 0 Å². The van der Waals surface area contributed by atoms with Crippen molar-refractivity contribution in [1.82, 2.24) is 0 Å². The van der Waals surface area contributed by atoms with Crippen molar-refractivity contribution < 1.29 is 0 Å². The minimum Gasteiger partial charge on any atom is -0.0924 e. The highest BCUT2D eigenvalue weighted by Crippen LogP contribution is 2.26. The van der Waals surface area contributed by atoms with Gasteiger partial charge in [0, 0.05) is 0 Å². The van der Waals surface area contributed by atoms with Crippen molar-refractivity contribution in [3.63, 3.8) is 0 Å². The normalized spacial score (nSPS) is 11.4. The van der Waals surface area contributed by atoms with E-state index in [0.717, 1.165) is 0 Å². The first-order chi connectivity index (χ1) is 15.7. The second-order valence-electron chi connectivity index (χ2n) is 11.0. The molecule has 3 aromatic rings. The Morgan fingerprint density at radius 3 is 0.471 bits per heavy atom. The molecule has 0 heterocycles. The smallest absolute Gasteiger partial charge is 0.0924 e. The number of rotatable bonds is 3. The van der Waals surface area contributed by atoms with E-state index in [1.165, 1.54) is 83.5 Å². The highest BCUT2D eigenvalue weighted by molar-refractivity contribution is 6.97. The maximum Gasteiger partial charge on any atom is 0.385 e. The second-order valence-corrected chi connectivity index (χ2v) is 13.6. The van der Waals surface area contributed by atoms with Gasteiger partial charge in [0.2, 0.25) is 0 Å². The van der Waals surface area contributed by atoms with Gasteiger partial charge in [-0.1, -0.05) is 46.7 Å². The van der Waals surface area contributed by atoms with Gasteiger partial charge >= 0.3 is 14.1 Å². The van der Waals surface area contributed by atoms with E-state index < -0.39 is 14.1 Å². The molecule has 0 fully saturated rings. The first kappa shape index (κ1) is 26.8. The predicted molar refractivity (Wildman–Crippen MR) is 155 cm³/mol. The van der Waals surface area contributed by atoms with Crippen molar-refractivity contribution >= 4 is 27.4 Å². The summed E-state index contributed by atoms with van der Waals surface area (Å²) in [6.45, 7) is 35.3. The third-order valence-electron chi connectivity index (χ3n) is 10.0. The molecule has 34 heavy (non-hydrogen) atoms. The summed E-state index contributed by atoms with van der Waals surface area (Å²) in [5.74, 6) is 0. The lowest BCUT2D eigenvalue weighted by molar-refractivity contribution is 1.18. The molecule has 3 rings (SSSR count). The lowest BCUT2D eigenvalue weighted by atomic mass is 9.94. The maximum atomic E-state index is 2.39. The third kappa shape index (κ3) is 3.81. The van der Waals surface area contributed by atoms with Gasteiger partial charge in [0.15, 0.2) is 0 Å². The van der Waals surface area contributed by atoms with E-state index in [1.54, 1.807) is 13.3 Å². The van der Waals surface area contributed by atoms with Gasteiger partial charge in [-0.2, -0.15) is 0 Å². The molecule has 0 spiro atoms. The van der Waals surface area contributed by atoms with Crippen LogP contribution in [-0.4, -0.2) is 14.1 Å². The summed E-state index contributed by atoms with van der Waals surface area (Å²) >= 11 is -1.78. The molecule has 0 unspecified atom stereocenters. The zero-order valence-corrected chi connectivity index (χ0v) is 25.7. The van der Waals surface area contributed by atoms with Crippen LogP contribution in [0.4, 0.5) is 0 Å². The average molecular weight is 469 g/mol. The zero-order chi connectivity index (χ0) is 26.0. The highest BCUT2D eigenvalue weighted by atomic mass is 27.2. The first-order valence-electron chi connectivity index (χ1n) is 12.9. The maximum absolute atomic E-state index is 2.39. The van der Waals surface area contributed by atoms with Gasteiger partial charge < -0.3 is 0 Å². The van der Waals surface area contributed by atoms with E-state index >= 15 is 0 Å². The fraction of sp³-hybridized carbons (Fsp3) is 0.455. The minimum absolute atomic E-state index is 1.46. The molecule has 0 aliphatic rings. The Labute approximate surface area is 214 Å². The highest BCUT2D eigenvalue weighted by Gasteiger charge is 2.36. The SMILES string of the molecule is Cc1c(C)c(C)[c]([Al]([c]2c(C)c(C)c(C)c(C)c2C)[c]2c(C)c(C)c(C)c(C)c2C)c(C)c1C. The number of hydrogen-bond acceptors (Lipinski definition) is 0. The summed E-state index contributed by atoms with van der Waals surface area (Å²) in [5.41, 5.74) is 22.3. The lowest BCUT2D eigenvalue weighted by Gasteiger charge is -2.31. The van der Waals surface area contributed by atoms with E-state index in [-0.39, 0.29) is 0 Å². The molecule has 0 radical (unpaired) electrons. The molecule has 0 atom stereocenters. The topological polar surface area (TPSA) is 0 Å². The Hall–Kier alpha value is -1.81. The van der Waals surface area contributed by atoms with E-state index in [0.29, 0.717) is 0 Å². The summed E-state index contributed by atoms with van der Waals surface area (Å²) < 4.78 is 4.97. The van der Waals surface area contributed by atoms with Crippen LogP contribution in [-0.2, 0) is 0 Å². The van der Waals surface area contributed by atoms with Crippen LogP contribution >= 0.6 is 0 Å². The Morgan fingerprint density at radius 1 is 0.206 bits per heavy atom. The van der Waals surface area contributed by atoms with Gasteiger partial charge in [-0.05, 0) is 154 Å². The van der Waals surface area contributed by atoms with E-state index in [9.17, 15) is 0 Å². The Kier molecular flexibility index (Phi) is 7.36. The van der Waals surface area contributed by atoms with Gasteiger partial charge in [0.05, 0.1) is 0 Å². The van der Waals surface area contributed by atoms with Crippen LogP contribution in [0.1, 0.15) is 83.5 Å². The summed E-state index contributed by atoms with van der Waals surface area (Å²) in [7, 11) is 0. The molecule has 0 aliphatic heterocycles. The Bertz CT molecular complexity index is 1080. The molecular weight excluding hydrogens is 423 g/mol. The molecule has 0 aromatic heterocycles. The monoisotopic (exact) mass is 468 g/mol. The average Bonchev–Trinajstić information content (AvgIpc) is 2.81. The van der Waals surface area contributed by atoms with Crippen molar-refractivity contribution in [2.24, 2.45) is 0 Å². The Balaban J connectivity index is 2.68. The van der Waals surface area contributed by atoms with E-state index in [1.807, 2.05) is 0 Å². The molecular formula is C33H45Al. The second kappa shape index (κ2) is 9.33. The van der Waals surface area contributed by atoms with Crippen LogP contribution in [0.5, 0.6) is 0 Å². The molecule has 0 nitrogen and oxygen atoms in total. The molecule has 180 valence electrons. The van der Waals surface area contributed by atoms with Crippen LogP contribution in [0.15, 0.2) is 0 Å². The molecule has 0 amide bonds. The molecule has 0 aliphatic carbocycles. The van der Waals surface area contributed by atoms with Crippen LogP contribution < -0.4 is 13.3 Å². The van der Waals surface area contributed by atoms with Crippen molar-refractivity contribution in [2.45, 2.75) is 104 Å². The molecule has 0 bridgehead atoms. The number of hydrogen-bond donors (Lipinski definition) is 0. The molecule has 0 saturated heterocycles. The quantitative estimate of drug-likeness (QED) is 0.370.